The second-order valence-electron chi connectivity index (χ2n) is 6.11. The molecule has 1 aliphatic rings. The van der Waals surface area contributed by atoms with E-state index in [0.29, 0.717) is 30.8 Å². The van der Waals surface area contributed by atoms with Crippen molar-refractivity contribution >= 4 is 17.5 Å². The predicted molar refractivity (Wildman–Crippen MR) is 96.7 cm³/mol. The maximum Gasteiger partial charge on any atom is 0.262 e. The topological polar surface area (TPSA) is 67.4 Å². The zero-order chi connectivity index (χ0) is 17.5. The van der Waals surface area contributed by atoms with E-state index in [4.69, 9.17) is 4.74 Å². The van der Waals surface area contributed by atoms with Crippen LogP contribution in [0.25, 0.3) is 0 Å². The molecule has 5 heteroatoms. The van der Waals surface area contributed by atoms with E-state index in [0.717, 1.165) is 18.4 Å². The molecular formula is C20H22N2O3. The lowest BCUT2D eigenvalue weighted by molar-refractivity contribution is -0.121. The molecule has 2 amide bonds. The van der Waals surface area contributed by atoms with Crippen LogP contribution in [0.2, 0.25) is 0 Å². The van der Waals surface area contributed by atoms with Gasteiger partial charge in [0.1, 0.15) is 5.75 Å². The third-order valence-electron chi connectivity index (χ3n) is 4.12. The van der Waals surface area contributed by atoms with Gasteiger partial charge in [-0.15, -0.1) is 0 Å². The summed E-state index contributed by atoms with van der Waals surface area (Å²) in [5, 5.41) is 5.74. The quantitative estimate of drug-likeness (QED) is 0.763. The van der Waals surface area contributed by atoms with E-state index in [9.17, 15) is 9.59 Å². The van der Waals surface area contributed by atoms with Crippen molar-refractivity contribution in [2.45, 2.75) is 25.7 Å². The molecule has 0 aliphatic carbocycles. The third kappa shape index (κ3) is 5.08. The first-order chi connectivity index (χ1) is 12.2. The molecule has 0 atom stereocenters. The van der Waals surface area contributed by atoms with Crippen molar-refractivity contribution in [2.24, 2.45) is 0 Å². The lowest BCUT2D eigenvalue weighted by atomic mass is 10.1. The average Bonchev–Trinajstić information content (AvgIpc) is 2.64. The van der Waals surface area contributed by atoms with Gasteiger partial charge in [-0.25, -0.2) is 0 Å². The van der Waals surface area contributed by atoms with E-state index < -0.39 is 0 Å². The molecule has 3 rings (SSSR count). The molecule has 0 saturated heterocycles. The molecule has 0 bridgehead atoms. The molecule has 2 N–H and O–H groups in total. The number of hydrogen-bond acceptors (Lipinski definition) is 3. The van der Waals surface area contributed by atoms with Crippen molar-refractivity contribution in [3.63, 3.8) is 0 Å². The highest BCUT2D eigenvalue weighted by Gasteiger charge is 2.16. The standard InChI is InChI=1S/C20H22N2O3/c23-19(21-12-4-7-15-5-2-1-3-6-15)11-9-16-8-10-18-17(13-16)22-20(24)14-25-18/h1-3,5-6,8,10,13H,4,7,9,11-12,14H2,(H,21,23)(H,22,24). The fraction of sp³-hybridized carbons (Fsp3) is 0.300. The van der Waals surface area contributed by atoms with Gasteiger partial charge in [0.15, 0.2) is 6.61 Å². The Hall–Kier alpha value is -2.82. The molecule has 0 radical (unpaired) electrons. The molecule has 0 spiro atoms. The van der Waals surface area contributed by atoms with Gasteiger partial charge < -0.3 is 15.4 Å². The number of amides is 2. The van der Waals surface area contributed by atoms with Gasteiger partial charge in [-0.1, -0.05) is 36.4 Å². The maximum absolute atomic E-state index is 12.0. The summed E-state index contributed by atoms with van der Waals surface area (Å²) in [6.45, 7) is 0.736. The van der Waals surface area contributed by atoms with E-state index in [1.165, 1.54) is 5.56 Å². The summed E-state index contributed by atoms with van der Waals surface area (Å²) < 4.78 is 5.33. The molecule has 0 unspecified atom stereocenters. The number of rotatable bonds is 7. The zero-order valence-corrected chi connectivity index (χ0v) is 14.1. The number of carbonyl (C=O) groups excluding carboxylic acids is 2. The minimum atomic E-state index is -0.152. The summed E-state index contributed by atoms with van der Waals surface area (Å²) in [5.74, 6) is 0.570. The number of fused-ring (bicyclic) bond motifs is 1. The number of anilines is 1. The Labute approximate surface area is 147 Å². The Kier molecular flexibility index (Phi) is 5.67. The second kappa shape index (κ2) is 8.33. The smallest absolute Gasteiger partial charge is 0.262 e. The number of benzene rings is 2. The molecule has 0 fully saturated rings. The predicted octanol–water partition coefficient (Wildman–Crippen LogP) is 2.70. The van der Waals surface area contributed by atoms with Crippen LogP contribution >= 0.6 is 0 Å². The van der Waals surface area contributed by atoms with Crippen LogP contribution in [-0.2, 0) is 22.4 Å². The highest BCUT2D eigenvalue weighted by molar-refractivity contribution is 5.95. The molecule has 1 aliphatic heterocycles. The minimum absolute atomic E-state index is 0.0473. The molecule has 0 saturated carbocycles. The summed E-state index contributed by atoms with van der Waals surface area (Å²) in [7, 11) is 0. The number of hydrogen-bond donors (Lipinski definition) is 2. The molecule has 25 heavy (non-hydrogen) atoms. The molecule has 2 aromatic rings. The van der Waals surface area contributed by atoms with Crippen LogP contribution in [0.3, 0.4) is 0 Å². The van der Waals surface area contributed by atoms with Crippen molar-refractivity contribution in [3.05, 3.63) is 59.7 Å². The van der Waals surface area contributed by atoms with E-state index in [2.05, 4.69) is 22.8 Å². The number of ether oxygens (including phenoxy) is 1. The van der Waals surface area contributed by atoms with Crippen LogP contribution in [0.15, 0.2) is 48.5 Å². The van der Waals surface area contributed by atoms with Crippen molar-refractivity contribution in [1.29, 1.82) is 0 Å². The monoisotopic (exact) mass is 338 g/mol. The summed E-state index contributed by atoms with van der Waals surface area (Å²) in [4.78, 5) is 23.3. The van der Waals surface area contributed by atoms with E-state index >= 15 is 0 Å². The number of nitrogens with one attached hydrogen (secondary N) is 2. The van der Waals surface area contributed by atoms with Crippen LogP contribution in [-0.4, -0.2) is 25.0 Å². The van der Waals surface area contributed by atoms with Gasteiger partial charge in [-0.3, -0.25) is 9.59 Å². The average molecular weight is 338 g/mol. The van der Waals surface area contributed by atoms with Crippen molar-refractivity contribution in [2.75, 3.05) is 18.5 Å². The van der Waals surface area contributed by atoms with Crippen LogP contribution in [0.1, 0.15) is 24.0 Å². The summed E-state index contributed by atoms with van der Waals surface area (Å²) >= 11 is 0. The van der Waals surface area contributed by atoms with Crippen LogP contribution in [0, 0.1) is 0 Å². The lowest BCUT2D eigenvalue weighted by Gasteiger charge is -2.18. The zero-order valence-electron chi connectivity index (χ0n) is 14.1. The first-order valence-corrected chi connectivity index (χ1v) is 8.57. The second-order valence-corrected chi connectivity index (χ2v) is 6.11. The molecule has 2 aromatic carbocycles. The van der Waals surface area contributed by atoms with Gasteiger partial charge in [0.25, 0.3) is 5.91 Å². The SMILES string of the molecule is O=C(CCc1ccc2c(c1)NC(=O)CO2)NCCCc1ccccc1. The highest BCUT2D eigenvalue weighted by Crippen LogP contribution is 2.28. The van der Waals surface area contributed by atoms with Gasteiger partial charge in [0, 0.05) is 13.0 Å². The summed E-state index contributed by atoms with van der Waals surface area (Å²) in [5.41, 5.74) is 2.97. The van der Waals surface area contributed by atoms with Gasteiger partial charge in [0.2, 0.25) is 5.91 Å². The van der Waals surface area contributed by atoms with Crippen LogP contribution in [0.4, 0.5) is 5.69 Å². The maximum atomic E-state index is 12.0. The van der Waals surface area contributed by atoms with Crippen molar-refractivity contribution in [3.8, 4) is 5.75 Å². The number of aryl methyl sites for hydroxylation is 2. The van der Waals surface area contributed by atoms with E-state index in [1.807, 2.05) is 36.4 Å². The Bertz CT molecular complexity index is 744. The Morgan fingerprint density at radius 3 is 2.76 bits per heavy atom. The first-order valence-electron chi connectivity index (χ1n) is 8.57. The Balaban J connectivity index is 1.39. The fourth-order valence-electron chi connectivity index (χ4n) is 2.80. The van der Waals surface area contributed by atoms with Gasteiger partial charge in [0.05, 0.1) is 5.69 Å². The molecular weight excluding hydrogens is 316 g/mol. The Morgan fingerprint density at radius 2 is 1.92 bits per heavy atom. The normalized spacial score (nSPS) is 12.7. The van der Waals surface area contributed by atoms with Crippen LogP contribution < -0.4 is 15.4 Å². The summed E-state index contributed by atoms with van der Waals surface area (Å²) in [6.07, 6.45) is 2.95. The third-order valence-corrected chi connectivity index (χ3v) is 4.12. The Morgan fingerprint density at radius 1 is 1.08 bits per heavy atom. The number of carbonyl (C=O) groups is 2. The van der Waals surface area contributed by atoms with Crippen molar-refractivity contribution in [1.82, 2.24) is 5.32 Å². The fourth-order valence-corrected chi connectivity index (χ4v) is 2.80. The molecule has 0 aromatic heterocycles. The van der Waals surface area contributed by atoms with E-state index in [-0.39, 0.29) is 18.4 Å². The van der Waals surface area contributed by atoms with Gasteiger partial charge >= 0.3 is 0 Å². The van der Waals surface area contributed by atoms with E-state index in [1.54, 1.807) is 0 Å². The first kappa shape index (κ1) is 17.0. The largest absolute Gasteiger partial charge is 0.482 e. The van der Waals surface area contributed by atoms with Crippen molar-refractivity contribution < 1.29 is 14.3 Å². The van der Waals surface area contributed by atoms with Gasteiger partial charge in [-0.2, -0.15) is 0 Å². The molecule has 1 heterocycles. The molecule has 5 nitrogen and oxygen atoms in total. The minimum Gasteiger partial charge on any atom is -0.482 e. The highest BCUT2D eigenvalue weighted by atomic mass is 16.5. The van der Waals surface area contributed by atoms with Gasteiger partial charge in [-0.05, 0) is 42.5 Å². The van der Waals surface area contributed by atoms with Crippen LogP contribution in [0.5, 0.6) is 5.75 Å². The lowest BCUT2D eigenvalue weighted by Crippen LogP contribution is -2.26. The molecule has 130 valence electrons. The summed E-state index contributed by atoms with van der Waals surface area (Å²) in [6, 6.07) is 15.9.